The van der Waals surface area contributed by atoms with Crippen molar-refractivity contribution in [3.05, 3.63) is 102 Å². The highest BCUT2D eigenvalue weighted by molar-refractivity contribution is 7.22. The molecule has 2 aromatic heterocycles. The topological polar surface area (TPSA) is 49.3 Å². The van der Waals surface area contributed by atoms with Gasteiger partial charge in [-0.05, 0) is 46.5 Å². The van der Waals surface area contributed by atoms with Crippen molar-refractivity contribution in [1.29, 1.82) is 0 Å². The number of carbonyl (C=O) groups is 1. The van der Waals surface area contributed by atoms with Crippen LogP contribution in [0.1, 0.15) is 10.4 Å². The lowest BCUT2D eigenvalue weighted by Gasteiger charge is -2.35. The van der Waals surface area contributed by atoms with E-state index in [1.54, 1.807) is 11.3 Å². The van der Waals surface area contributed by atoms with Crippen molar-refractivity contribution >= 4 is 44.9 Å². The molecule has 178 valence electrons. The fourth-order valence-corrected chi connectivity index (χ4v) is 5.85. The van der Waals surface area contributed by atoms with Crippen LogP contribution in [0.15, 0.2) is 91.0 Å². The van der Waals surface area contributed by atoms with Crippen LogP contribution < -0.4 is 4.90 Å². The molecule has 7 heteroatoms. The average molecular weight is 511 g/mol. The van der Waals surface area contributed by atoms with Crippen molar-refractivity contribution in [1.82, 2.24) is 14.9 Å². The molecule has 0 N–H and O–H groups in total. The fraction of sp³-hybridized carbons (Fsp3) is 0.138. The van der Waals surface area contributed by atoms with Crippen LogP contribution in [0.4, 0.5) is 5.82 Å². The normalized spacial score (nSPS) is 13.8. The van der Waals surface area contributed by atoms with E-state index >= 15 is 0 Å². The Labute approximate surface area is 218 Å². The van der Waals surface area contributed by atoms with Crippen LogP contribution in [0.25, 0.3) is 31.8 Å². The van der Waals surface area contributed by atoms with E-state index in [0.717, 1.165) is 37.6 Å². The number of hydrogen-bond donors (Lipinski definition) is 0. The molecule has 1 aliphatic heterocycles. The quantitative estimate of drug-likeness (QED) is 0.254. The minimum absolute atomic E-state index is 0.0574. The number of carbonyl (C=O) groups excluding carboxylic acids is 1. The SMILES string of the molecule is O=C(c1ccc(-c2ccccc2)cc1)N1CCN(c2nc(Cl)nc3sc(-c4ccccc4)cc23)CC1. The summed E-state index contributed by atoms with van der Waals surface area (Å²) < 4.78 is 0. The second kappa shape index (κ2) is 9.72. The van der Waals surface area contributed by atoms with E-state index in [9.17, 15) is 4.79 Å². The summed E-state index contributed by atoms with van der Waals surface area (Å²) in [6.45, 7) is 2.62. The minimum Gasteiger partial charge on any atom is -0.352 e. The summed E-state index contributed by atoms with van der Waals surface area (Å²) in [6.07, 6.45) is 0. The van der Waals surface area contributed by atoms with Gasteiger partial charge in [0, 0.05) is 36.6 Å². The predicted molar refractivity (Wildman–Crippen MR) is 148 cm³/mol. The Morgan fingerprint density at radius 3 is 2.03 bits per heavy atom. The van der Waals surface area contributed by atoms with Crippen LogP contribution in [0.5, 0.6) is 0 Å². The number of amides is 1. The number of hydrogen-bond acceptors (Lipinski definition) is 5. The Morgan fingerprint density at radius 1 is 0.750 bits per heavy atom. The second-order valence-corrected chi connectivity index (χ2v) is 10.1. The molecule has 3 heterocycles. The number of halogens is 1. The Kier molecular flexibility index (Phi) is 6.13. The molecule has 0 bridgehead atoms. The van der Waals surface area contributed by atoms with Gasteiger partial charge >= 0.3 is 0 Å². The molecule has 1 amide bonds. The zero-order chi connectivity index (χ0) is 24.5. The van der Waals surface area contributed by atoms with Gasteiger partial charge in [-0.15, -0.1) is 11.3 Å². The first-order valence-electron chi connectivity index (χ1n) is 11.9. The molecule has 0 spiro atoms. The van der Waals surface area contributed by atoms with Crippen molar-refractivity contribution in [3.8, 4) is 21.6 Å². The molecule has 0 atom stereocenters. The molecule has 0 aliphatic carbocycles. The molecule has 36 heavy (non-hydrogen) atoms. The monoisotopic (exact) mass is 510 g/mol. The van der Waals surface area contributed by atoms with Crippen LogP contribution in [-0.2, 0) is 0 Å². The van der Waals surface area contributed by atoms with Crippen LogP contribution in [0.3, 0.4) is 0 Å². The first-order valence-corrected chi connectivity index (χ1v) is 13.1. The van der Waals surface area contributed by atoms with Crippen LogP contribution in [0, 0.1) is 0 Å². The summed E-state index contributed by atoms with van der Waals surface area (Å²) >= 11 is 7.93. The Hall–Kier alpha value is -3.74. The number of aromatic nitrogens is 2. The number of thiophene rings is 1. The lowest BCUT2D eigenvalue weighted by atomic mass is 10.0. The van der Waals surface area contributed by atoms with E-state index in [0.29, 0.717) is 31.7 Å². The summed E-state index contributed by atoms with van der Waals surface area (Å²) in [5.41, 5.74) is 4.10. The van der Waals surface area contributed by atoms with Crippen molar-refractivity contribution in [2.45, 2.75) is 0 Å². The molecule has 5 aromatic rings. The van der Waals surface area contributed by atoms with Gasteiger partial charge in [0.25, 0.3) is 5.91 Å². The number of benzene rings is 3. The molecular formula is C29H23ClN4OS. The molecule has 1 aliphatic rings. The Bertz CT molecular complexity index is 1510. The molecule has 6 rings (SSSR count). The smallest absolute Gasteiger partial charge is 0.253 e. The van der Waals surface area contributed by atoms with Gasteiger partial charge in [0.1, 0.15) is 10.6 Å². The van der Waals surface area contributed by atoms with Crippen molar-refractivity contribution in [2.24, 2.45) is 0 Å². The lowest BCUT2D eigenvalue weighted by molar-refractivity contribution is 0.0746. The van der Waals surface area contributed by atoms with Gasteiger partial charge in [-0.3, -0.25) is 4.79 Å². The average Bonchev–Trinajstić information content (AvgIpc) is 3.37. The molecule has 0 radical (unpaired) electrons. The van der Waals surface area contributed by atoms with Gasteiger partial charge in [-0.2, -0.15) is 4.98 Å². The van der Waals surface area contributed by atoms with Crippen LogP contribution >= 0.6 is 22.9 Å². The van der Waals surface area contributed by atoms with E-state index in [1.807, 2.05) is 65.6 Å². The third-order valence-electron chi connectivity index (χ3n) is 6.51. The van der Waals surface area contributed by atoms with E-state index in [4.69, 9.17) is 11.6 Å². The third kappa shape index (κ3) is 4.45. The number of anilines is 1. The van der Waals surface area contributed by atoms with E-state index in [-0.39, 0.29) is 11.2 Å². The molecule has 0 saturated carbocycles. The Morgan fingerprint density at radius 2 is 1.36 bits per heavy atom. The number of rotatable bonds is 4. The summed E-state index contributed by atoms with van der Waals surface area (Å²) in [7, 11) is 0. The highest BCUT2D eigenvalue weighted by Crippen LogP contribution is 2.37. The van der Waals surface area contributed by atoms with Gasteiger partial charge < -0.3 is 9.80 Å². The molecule has 1 fully saturated rings. The van der Waals surface area contributed by atoms with Crippen molar-refractivity contribution in [2.75, 3.05) is 31.1 Å². The van der Waals surface area contributed by atoms with Crippen LogP contribution in [-0.4, -0.2) is 47.0 Å². The number of fused-ring (bicyclic) bond motifs is 1. The lowest BCUT2D eigenvalue weighted by Crippen LogP contribution is -2.49. The van der Waals surface area contributed by atoms with E-state index in [1.165, 1.54) is 0 Å². The van der Waals surface area contributed by atoms with Gasteiger partial charge in [0.2, 0.25) is 5.28 Å². The molecule has 3 aromatic carbocycles. The largest absolute Gasteiger partial charge is 0.352 e. The van der Waals surface area contributed by atoms with Gasteiger partial charge in [0.05, 0.1) is 5.39 Å². The maximum absolute atomic E-state index is 13.2. The first kappa shape index (κ1) is 22.7. The minimum atomic E-state index is 0.0574. The standard InChI is InChI=1S/C29H23ClN4OS/c30-29-31-26(24-19-25(36-27(24)32-29)22-9-5-2-6-10-22)33-15-17-34(18-16-33)28(35)23-13-11-21(12-14-23)20-7-3-1-4-8-20/h1-14,19H,15-18H2. The summed E-state index contributed by atoms with van der Waals surface area (Å²) in [5.74, 6) is 0.893. The number of nitrogens with zero attached hydrogens (tertiary/aromatic N) is 4. The maximum atomic E-state index is 13.2. The van der Waals surface area contributed by atoms with Crippen molar-refractivity contribution < 1.29 is 4.79 Å². The maximum Gasteiger partial charge on any atom is 0.253 e. The molecule has 0 unspecified atom stereocenters. The summed E-state index contributed by atoms with van der Waals surface area (Å²) in [6, 6.07) is 30.5. The third-order valence-corrected chi connectivity index (χ3v) is 7.76. The summed E-state index contributed by atoms with van der Waals surface area (Å²) in [4.78, 5) is 28.4. The van der Waals surface area contributed by atoms with Crippen LogP contribution in [0.2, 0.25) is 5.28 Å². The predicted octanol–water partition coefficient (Wildman–Crippen LogP) is 6.64. The zero-order valence-corrected chi connectivity index (χ0v) is 21.0. The zero-order valence-electron chi connectivity index (χ0n) is 19.5. The Balaban J connectivity index is 1.18. The fourth-order valence-electron chi connectivity index (χ4n) is 4.61. The molecule has 1 saturated heterocycles. The van der Waals surface area contributed by atoms with Crippen molar-refractivity contribution in [3.63, 3.8) is 0 Å². The molecule has 5 nitrogen and oxygen atoms in total. The second-order valence-electron chi connectivity index (χ2n) is 8.73. The summed E-state index contributed by atoms with van der Waals surface area (Å²) in [5, 5.41) is 1.25. The van der Waals surface area contributed by atoms with E-state index < -0.39 is 0 Å². The van der Waals surface area contributed by atoms with Gasteiger partial charge in [0.15, 0.2) is 0 Å². The van der Waals surface area contributed by atoms with Gasteiger partial charge in [-0.1, -0.05) is 72.8 Å². The van der Waals surface area contributed by atoms with Gasteiger partial charge in [-0.25, -0.2) is 4.98 Å². The van der Waals surface area contributed by atoms with E-state index in [2.05, 4.69) is 45.2 Å². The molecular weight excluding hydrogens is 488 g/mol. The first-order chi connectivity index (χ1) is 17.7. The highest BCUT2D eigenvalue weighted by atomic mass is 35.5. The highest BCUT2D eigenvalue weighted by Gasteiger charge is 2.25. The number of piperazine rings is 1.